The van der Waals surface area contributed by atoms with Crippen molar-refractivity contribution in [3.05, 3.63) is 62.1 Å². The average molecular weight is 429 g/mol. The normalized spacial score (nSPS) is 10.6. The van der Waals surface area contributed by atoms with Gasteiger partial charge in [0.25, 0.3) is 5.91 Å². The SMILES string of the molecule is O=C(COc1cc(Cl)c(Cl)cc1Cl)NCc1nc(-c2ccncc2)cs1. The Morgan fingerprint density at radius 2 is 1.85 bits per heavy atom. The van der Waals surface area contributed by atoms with Crippen LogP contribution in [0.5, 0.6) is 5.75 Å². The first-order valence-corrected chi connectivity index (χ1v) is 9.43. The number of nitrogens with one attached hydrogen (secondary N) is 1. The largest absolute Gasteiger partial charge is 0.482 e. The molecule has 0 unspecified atom stereocenters. The highest BCUT2D eigenvalue weighted by molar-refractivity contribution is 7.09. The van der Waals surface area contributed by atoms with Gasteiger partial charge < -0.3 is 10.1 Å². The Morgan fingerprint density at radius 1 is 1.12 bits per heavy atom. The molecule has 0 aliphatic carbocycles. The van der Waals surface area contributed by atoms with Crippen LogP contribution in [-0.2, 0) is 11.3 Å². The third-order valence-corrected chi connectivity index (χ3v) is 5.16. The van der Waals surface area contributed by atoms with Gasteiger partial charge in [0.2, 0.25) is 0 Å². The zero-order valence-electron chi connectivity index (χ0n) is 13.2. The van der Waals surface area contributed by atoms with E-state index in [0.29, 0.717) is 22.3 Å². The summed E-state index contributed by atoms with van der Waals surface area (Å²) in [5, 5.41) is 6.38. The van der Waals surface area contributed by atoms with E-state index >= 15 is 0 Å². The summed E-state index contributed by atoms with van der Waals surface area (Å²) in [5.41, 5.74) is 1.83. The molecule has 2 aromatic heterocycles. The number of thiazole rings is 1. The maximum atomic E-state index is 12.0. The van der Waals surface area contributed by atoms with Crippen LogP contribution in [0.25, 0.3) is 11.3 Å². The van der Waals surface area contributed by atoms with Crippen molar-refractivity contribution in [3.63, 3.8) is 0 Å². The van der Waals surface area contributed by atoms with Gasteiger partial charge in [0, 0.05) is 29.4 Å². The maximum absolute atomic E-state index is 12.0. The van der Waals surface area contributed by atoms with Crippen LogP contribution in [0.3, 0.4) is 0 Å². The van der Waals surface area contributed by atoms with E-state index in [1.165, 1.54) is 23.5 Å². The molecular formula is C17H12Cl3N3O2S. The molecule has 0 aliphatic heterocycles. The van der Waals surface area contributed by atoms with E-state index in [0.717, 1.165) is 16.3 Å². The molecule has 0 saturated carbocycles. The lowest BCUT2D eigenvalue weighted by atomic mass is 10.2. The molecule has 1 N–H and O–H groups in total. The van der Waals surface area contributed by atoms with Crippen LogP contribution in [-0.4, -0.2) is 22.5 Å². The van der Waals surface area contributed by atoms with E-state index in [2.05, 4.69) is 15.3 Å². The highest BCUT2D eigenvalue weighted by Crippen LogP contribution is 2.33. The Labute approximate surface area is 168 Å². The molecule has 2 heterocycles. The van der Waals surface area contributed by atoms with Crippen molar-refractivity contribution in [1.29, 1.82) is 0 Å². The predicted molar refractivity (Wildman–Crippen MR) is 104 cm³/mol. The van der Waals surface area contributed by atoms with Crippen molar-refractivity contribution in [2.24, 2.45) is 0 Å². The van der Waals surface area contributed by atoms with Crippen LogP contribution >= 0.6 is 46.1 Å². The summed E-state index contributed by atoms with van der Waals surface area (Å²) >= 11 is 19.2. The number of benzene rings is 1. The second-order valence-electron chi connectivity index (χ2n) is 5.12. The van der Waals surface area contributed by atoms with Gasteiger partial charge in [0.15, 0.2) is 6.61 Å². The lowest BCUT2D eigenvalue weighted by molar-refractivity contribution is -0.123. The highest BCUT2D eigenvalue weighted by atomic mass is 35.5. The Morgan fingerprint density at radius 3 is 2.62 bits per heavy atom. The van der Waals surface area contributed by atoms with Crippen LogP contribution in [0.4, 0.5) is 0 Å². The molecule has 0 fully saturated rings. The fourth-order valence-electron chi connectivity index (χ4n) is 2.03. The van der Waals surface area contributed by atoms with E-state index in [9.17, 15) is 4.79 Å². The Kier molecular flexibility index (Phi) is 6.32. The molecule has 134 valence electrons. The van der Waals surface area contributed by atoms with Crippen LogP contribution in [0, 0.1) is 0 Å². The minimum Gasteiger partial charge on any atom is -0.482 e. The van der Waals surface area contributed by atoms with E-state index < -0.39 is 0 Å². The van der Waals surface area contributed by atoms with E-state index in [-0.39, 0.29) is 17.5 Å². The first kappa shape index (κ1) is 18.9. The molecule has 1 aromatic carbocycles. The predicted octanol–water partition coefficient (Wildman–Crippen LogP) is 4.86. The number of hydrogen-bond donors (Lipinski definition) is 1. The molecule has 0 aliphatic rings. The fourth-order valence-corrected chi connectivity index (χ4v) is 3.37. The summed E-state index contributed by atoms with van der Waals surface area (Å²) in [4.78, 5) is 20.4. The lowest BCUT2D eigenvalue weighted by Gasteiger charge is -2.09. The molecule has 0 spiro atoms. The molecule has 0 bridgehead atoms. The van der Waals surface area contributed by atoms with Gasteiger partial charge in [-0.25, -0.2) is 4.98 Å². The monoisotopic (exact) mass is 427 g/mol. The fraction of sp³-hybridized carbons (Fsp3) is 0.118. The number of halogens is 3. The number of pyridine rings is 1. The molecule has 9 heteroatoms. The van der Waals surface area contributed by atoms with Crippen molar-refractivity contribution in [2.45, 2.75) is 6.54 Å². The summed E-state index contributed by atoms with van der Waals surface area (Å²) < 4.78 is 5.39. The number of hydrogen-bond acceptors (Lipinski definition) is 5. The van der Waals surface area contributed by atoms with Gasteiger partial charge in [-0.15, -0.1) is 11.3 Å². The van der Waals surface area contributed by atoms with Crippen molar-refractivity contribution < 1.29 is 9.53 Å². The summed E-state index contributed by atoms with van der Waals surface area (Å²) in [5.74, 6) is -0.00163. The van der Waals surface area contributed by atoms with Gasteiger partial charge in [0.1, 0.15) is 10.8 Å². The quantitative estimate of drug-likeness (QED) is 0.569. The molecule has 26 heavy (non-hydrogen) atoms. The van der Waals surface area contributed by atoms with Gasteiger partial charge in [-0.3, -0.25) is 9.78 Å². The van der Waals surface area contributed by atoms with E-state index in [1.54, 1.807) is 12.4 Å². The Hall–Kier alpha value is -1.86. The van der Waals surface area contributed by atoms with Gasteiger partial charge in [-0.2, -0.15) is 0 Å². The van der Waals surface area contributed by atoms with Crippen LogP contribution in [0.2, 0.25) is 15.1 Å². The Bertz CT molecular complexity index is 919. The standard InChI is InChI=1S/C17H12Cl3N3O2S/c18-11-5-13(20)15(6-12(11)19)25-8-16(24)22-7-17-23-14(9-26-17)10-1-3-21-4-2-10/h1-6,9H,7-8H2,(H,22,24). The van der Waals surface area contributed by atoms with E-state index in [4.69, 9.17) is 39.5 Å². The van der Waals surface area contributed by atoms with Gasteiger partial charge in [-0.05, 0) is 18.2 Å². The second-order valence-corrected chi connectivity index (χ2v) is 7.29. The Balaban J connectivity index is 1.52. The van der Waals surface area contributed by atoms with Crippen LogP contribution in [0.1, 0.15) is 5.01 Å². The van der Waals surface area contributed by atoms with Gasteiger partial charge in [-0.1, -0.05) is 34.8 Å². The average Bonchev–Trinajstić information content (AvgIpc) is 3.12. The van der Waals surface area contributed by atoms with Gasteiger partial charge >= 0.3 is 0 Å². The molecule has 3 rings (SSSR count). The maximum Gasteiger partial charge on any atom is 0.258 e. The van der Waals surface area contributed by atoms with E-state index in [1.807, 2.05) is 17.5 Å². The molecule has 0 radical (unpaired) electrons. The van der Waals surface area contributed by atoms with Crippen molar-refractivity contribution >= 4 is 52.0 Å². The van der Waals surface area contributed by atoms with Gasteiger partial charge in [0.05, 0.1) is 27.3 Å². The van der Waals surface area contributed by atoms with Crippen LogP contribution in [0.15, 0.2) is 42.0 Å². The van der Waals surface area contributed by atoms with Crippen molar-refractivity contribution in [2.75, 3.05) is 6.61 Å². The molecule has 5 nitrogen and oxygen atoms in total. The van der Waals surface area contributed by atoms with Crippen molar-refractivity contribution in [1.82, 2.24) is 15.3 Å². The zero-order valence-corrected chi connectivity index (χ0v) is 16.3. The van der Waals surface area contributed by atoms with Crippen LogP contribution < -0.4 is 10.1 Å². The minimum absolute atomic E-state index is 0.194. The molecule has 1 amide bonds. The number of rotatable bonds is 6. The smallest absolute Gasteiger partial charge is 0.258 e. The second kappa shape index (κ2) is 8.68. The summed E-state index contributed by atoms with van der Waals surface area (Å²) in [6.45, 7) is 0.118. The summed E-state index contributed by atoms with van der Waals surface area (Å²) in [6, 6.07) is 6.70. The number of ether oxygens (including phenoxy) is 1. The first-order chi connectivity index (χ1) is 12.5. The third-order valence-electron chi connectivity index (χ3n) is 3.30. The number of nitrogens with zero attached hydrogens (tertiary/aromatic N) is 2. The third kappa shape index (κ3) is 4.86. The molecule has 0 saturated heterocycles. The molecule has 0 atom stereocenters. The van der Waals surface area contributed by atoms with Crippen molar-refractivity contribution in [3.8, 4) is 17.0 Å². The number of carbonyl (C=O) groups excluding carboxylic acids is 1. The summed E-state index contributed by atoms with van der Waals surface area (Å²) in [7, 11) is 0. The number of amides is 1. The minimum atomic E-state index is -0.298. The number of aromatic nitrogens is 2. The summed E-state index contributed by atoms with van der Waals surface area (Å²) in [6.07, 6.45) is 3.42. The highest BCUT2D eigenvalue weighted by Gasteiger charge is 2.10. The topological polar surface area (TPSA) is 64.1 Å². The first-order valence-electron chi connectivity index (χ1n) is 7.42. The zero-order chi connectivity index (χ0) is 18.5. The number of carbonyl (C=O) groups is 1. The molecular weight excluding hydrogens is 417 g/mol. The molecule has 3 aromatic rings. The lowest BCUT2D eigenvalue weighted by Crippen LogP contribution is -2.28.